The minimum Gasteiger partial charge on any atom is -0.483 e. The number of hydrogen-bond donors (Lipinski definition) is 2. The van der Waals surface area contributed by atoms with E-state index in [1.165, 1.54) is 0 Å². The number of aryl methyl sites for hydroxylation is 2. The fraction of sp³-hybridized carbons (Fsp3) is 0.476. The van der Waals surface area contributed by atoms with Crippen LogP contribution in [0.2, 0.25) is 0 Å². The van der Waals surface area contributed by atoms with Crippen molar-refractivity contribution in [1.82, 2.24) is 20.6 Å². The molecule has 2 amide bonds. The molecular weight excluding hydrogens is 356 g/mol. The number of hydrazine groups is 1. The smallest absolute Gasteiger partial charge is 0.290 e. The van der Waals surface area contributed by atoms with Gasteiger partial charge in [0, 0.05) is 5.69 Å². The quantitative estimate of drug-likeness (QED) is 0.773. The number of aromatic nitrogens is 2. The van der Waals surface area contributed by atoms with Crippen LogP contribution in [0.1, 0.15) is 67.8 Å². The van der Waals surface area contributed by atoms with Gasteiger partial charge in [-0.05, 0) is 57.7 Å². The summed E-state index contributed by atoms with van der Waals surface area (Å²) in [5.74, 6) is -0.0243. The van der Waals surface area contributed by atoms with E-state index in [2.05, 4.69) is 16.0 Å². The summed E-state index contributed by atoms with van der Waals surface area (Å²) in [6.45, 7) is 13.8. The summed E-state index contributed by atoms with van der Waals surface area (Å²) >= 11 is 0. The summed E-state index contributed by atoms with van der Waals surface area (Å²) in [7, 11) is 0. The maximum Gasteiger partial charge on any atom is 0.290 e. The zero-order valence-corrected chi connectivity index (χ0v) is 17.7. The molecular formula is C21H30N4O3. The third kappa shape index (κ3) is 5.12. The van der Waals surface area contributed by atoms with Crippen LogP contribution >= 0.6 is 0 Å². The number of para-hydroxylation sites is 1. The molecule has 0 aliphatic heterocycles. The second kappa shape index (κ2) is 8.46. The molecule has 1 heterocycles. The largest absolute Gasteiger partial charge is 0.483 e. The van der Waals surface area contributed by atoms with Gasteiger partial charge in [-0.15, -0.1) is 0 Å². The Labute approximate surface area is 166 Å². The lowest BCUT2D eigenvalue weighted by Crippen LogP contribution is -2.44. The van der Waals surface area contributed by atoms with Gasteiger partial charge in [-0.3, -0.25) is 25.1 Å². The van der Waals surface area contributed by atoms with Gasteiger partial charge < -0.3 is 4.74 Å². The molecule has 0 radical (unpaired) electrons. The van der Waals surface area contributed by atoms with Crippen LogP contribution in [0.5, 0.6) is 5.75 Å². The Balaban J connectivity index is 1.97. The van der Waals surface area contributed by atoms with Gasteiger partial charge in [0.2, 0.25) is 0 Å². The van der Waals surface area contributed by atoms with Crippen molar-refractivity contribution >= 4 is 11.8 Å². The van der Waals surface area contributed by atoms with Crippen LogP contribution in [-0.2, 0) is 10.3 Å². The number of amides is 2. The van der Waals surface area contributed by atoms with E-state index < -0.39 is 11.8 Å². The molecule has 7 nitrogen and oxygen atoms in total. The summed E-state index contributed by atoms with van der Waals surface area (Å²) in [6.07, 6.45) is 0. The number of benzene rings is 1. The maximum atomic E-state index is 12.4. The predicted octanol–water partition coefficient (Wildman–Crippen LogP) is 3.22. The zero-order valence-electron chi connectivity index (χ0n) is 17.7. The Kier molecular flexibility index (Phi) is 6.48. The van der Waals surface area contributed by atoms with Crippen molar-refractivity contribution in [3.8, 4) is 5.75 Å². The van der Waals surface area contributed by atoms with Crippen molar-refractivity contribution in [3.63, 3.8) is 0 Å². The molecule has 0 saturated heterocycles. The highest BCUT2D eigenvalue weighted by molar-refractivity contribution is 5.93. The fourth-order valence-corrected chi connectivity index (χ4v) is 2.85. The summed E-state index contributed by atoms with van der Waals surface area (Å²) in [5, 5.41) is 4.42. The third-order valence-electron chi connectivity index (χ3n) is 4.27. The average Bonchev–Trinajstić information content (AvgIpc) is 3.05. The molecule has 2 N–H and O–H groups in total. The van der Waals surface area contributed by atoms with Gasteiger partial charge in [-0.2, -0.15) is 5.10 Å². The number of nitrogens with one attached hydrogen (secondary N) is 2. The van der Waals surface area contributed by atoms with Crippen LogP contribution in [0.25, 0.3) is 0 Å². The highest BCUT2D eigenvalue weighted by Crippen LogP contribution is 2.24. The lowest BCUT2D eigenvalue weighted by Gasteiger charge is -2.23. The number of carbonyl (C=O) groups excluding carboxylic acids is 2. The van der Waals surface area contributed by atoms with Crippen molar-refractivity contribution in [2.45, 2.75) is 59.9 Å². The minimum absolute atomic E-state index is 0.195. The molecule has 7 heteroatoms. The Morgan fingerprint density at radius 1 is 1.14 bits per heavy atom. The Morgan fingerprint density at radius 2 is 1.75 bits per heavy atom. The molecule has 0 spiro atoms. The maximum absolute atomic E-state index is 12.4. The topological polar surface area (TPSA) is 85.3 Å². The van der Waals surface area contributed by atoms with Crippen LogP contribution in [-0.4, -0.2) is 28.2 Å². The summed E-state index contributed by atoms with van der Waals surface area (Å²) in [5.41, 5.74) is 7.64. The summed E-state index contributed by atoms with van der Waals surface area (Å²) in [6, 6.07) is 7.52. The van der Waals surface area contributed by atoms with Crippen molar-refractivity contribution in [1.29, 1.82) is 0 Å². The van der Waals surface area contributed by atoms with Gasteiger partial charge in [0.05, 0.1) is 5.54 Å². The first kappa shape index (κ1) is 21.5. The second-order valence-corrected chi connectivity index (χ2v) is 8.20. The summed E-state index contributed by atoms with van der Waals surface area (Å²) in [4.78, 5) is 24.4. The van der Waals surface area contributed by atoms with E-state index in [0.717, 1.165) is 16.8 Å². The molecule has 0 atom stereocenters. The van der Waals surface area contributed by atoms with E-state index in [1.54, 1.807) is 6.07 Å². The standard InChI is InChI=1S/C21H30N4O3/c1-13(2)17-11-16(24-25(17)21(5,6)7)20(27)23-22-18(26)12-28-19-14(3)9-8-10-15(19)4/h8-11,13H,12H2,1-7H3,(H,22,26)(H,23,27). The molecule has 0 bridgehead atoms. The average molecular weight is 386 g/mol. The van der Waals surface area contributed by atoms with Gasteiger partial charge in [0.15, 0.2) is 12.3 Å². The first-order valence-corrected chi connectivity index (χ1v) is 9.39. The first-order chi connectivity index (χ1) is 13.0. The van der Waals surface area contributed by atoms with Gasteiger partial charge in [-0.25, -0.2) is 0 Å². The van der Waals surface area contributed by atoms with Gasteiger partial charge in [0.25, 0.3) is 11.8 Å². The molecule has 1 aromatic heterocycles. The summed E-state index contributed by atoms with van der Waals surface area (Å²) < 4.78 is 7.43. The van der Waals surface area contributed by atoms with E-state index in [1.807, 2.05) is 71.3 Å². The van der Waals surface area contributed by atoms with Gasteiger partial charge >= 0.3 is 0 Å². The Hall–Kier alpha value is -2.83. The number of ether oxygens (including phenoxy) is 1. The van der Waals surface area contributed by atoms with Crippen LogP contribution in [0.3, 0.4) is 0 Å². The number of rotatable bonds is 5. The molecule has 2 rings (SSSR count). The van der Waals surface area contributed by atoms with E-state index in [4.69, 9.17) is 4.74 Å². The van der Waals surface area contributed by atoms with Crippen molar-refractivity contribution < 1.29 is 14.3 Å². The van der Waals surface area contributed by atoms with Gasteiger partial charge in [0.1, 0.15) is 5.75 Å². The predicted molar refractivity (Wildman–Crippen MR) is 108 cm³/mol. The fourth-order valence-electron chi connectivity index (χ4n) is 2.85. The van der Waals surface area contributed by atoms with Gasteiger partial charge in [-0.1, -0.05) is 32.0 Å². The molecule has 152 valence electrons. The second-order valence-electron chi connectivity index (χ2n) is 8.20. The van der Waals surface area contributed by atoms with E-state index >= 15 is 0 Å². The van der Waals surface area contributed by atoms with Crippen LogP contribution in [0, 0.1) is 13.8 Å². The van der Waals surface area contributed by atoms with Crippen molar-refractivity contribution in [3.05, 3.63) is 46.8 Å². The van der Waals surface area contributed by atoms with E-state index in [9.17, 15) is 9.59 Å². The lowest BCUT2D eigenvalue weighted by molar-refractivity contribution is -0.123. The molecule has 0 fully saturated rings. The van der Waals surface area contributed by atoms with E-state index in [0.29, 0.717) is 5.75 Å². The molecule has 0 saturated carbocycles. The Morgan fingerprint density at radius 3 is 2.25 bits per heavy atom. The SMILES string of the molecule is Cc1cccc(C)c1OCC(=O)NNC(=O)c1cc(C(C)C)n(C(C)(C)C)n1. The van der Waals surface area contributed by atoms with E-state index in [-0.39, 0.29) is 23.8 Å². The highest BCUT2D eigenvalue weighted by Gasteiger charge is 2.23. The van der Waals surface area contributed by atoms with Crippen LogP contribution < -0.4 is 15.6 Å². The van der Waals surface area contributed by atoms with Crippen molar-refractivity contribution in [2.24, 2.45) is 0 Å². The normalized spacial score (nSPS) is 11.4. The molecule has 1 aromatic carbocycles. The molecule has 2 aromatic rings. The Bertz CT molecular complexity index is 843. The van der Waals surface area contributed by atoms with Crippen LogP contribution in [0.15, 0.2) is 24.3 Å². The molecule has 0 aliphatic carbocycles. The molecule has 0 aliphatic rings. The molecule has 28 heavy (non-hydrogen) atoms. The zero-order chi connectivity index (χ0) is 21.1. The van der Waals surface area contributed by atoms with Crippen molar-refractivity contribution in [2.75, 3.05) is 6.61 Å². The first-order valence-electron chi connectivity index (χ1n) is 9.39. The lowest BCUT2D eigenvalue weighted by atomic mass is 10.1. The number of hydrogen-bond acceptors (Lipinski definition) is 4. The van der Waals surface area contributed by atoms with Crippen LogP contribution in [0.4, 0.5) is 0 Å². The monoisotopic (exact) mass is 386 g/mol. The molecule has 0 unspecified atom stereocenters. The highest BCUT2D eigenvalue weighted by atomic mass is 16.5. The number of carbonyl (C=O) groups is 2. The number of nitrogens with zero attached hydrogens (tertiary/aromatic N) is 2. The minimum atomic E-state index is -0.467. The third-order valence-corrected chi connectivity index (χ3v) is 4.27.